The van der Waals surface area contributed by atoms with Crippen molar-refractivity contribution >= 4 is 5.82 Å². The molecule has 2 aromatic heterocycles. The van der Waals surface area contributed by atoms with E-state index in [-0.39, 0.29) is 6.04 Å². The Hall–Kier alpha value is -2.46. The third kappa shape index (κ3) is 2.78. The molecular formula is C16H20N6O. The molecule has 1 aliphatic heterocycles. The Labute approximate surface area is 135 Å². The van der Waals surface area contributed by atoms with Crippen LogP contribution in [0.2, 0.25) is 0 Å². The first-order valence-corrected chi connectivity index (χ1v) is 7.70. The van der Waals surface area contributed by atoms with Crippen molar-refractivity contribution < 1.29 is 5.11 Å². The van der Waals surface area contributed by atoms with Crippen LogP contribution in [0.5, 0.6) is 0 Å². The maximum Gasteiger partial charge on any atom is 0.145 e. The van der Waals surface area contributed by atoms with E-state index < -0.39 is 5.60 Å². The molecule has 2 aromatic rings. The van der Waals surface area contributed by atoms with Gasteiger partial charge in [-0.3, -0.25) is 0 Å². The second kappa shape index (κ2) is 5.63. The van der Waals surface area contributed by atoms with Crippen LogP contribution in [0.1, 0.15) is 43.3 Å². The predicted octanol–water partition coefficient (Wildman–Crippen LogP) is 1.53. The van der Waals surface area contributed by atoms with Crippen molar-refractivity contribution in [3.8, 4) is 6.07 Å². The van der Waals surface area contributed by atoms with E-state index in [0.717, 1.165) is 5.56 Å². The summed E-state index contributed by atoms with van der Waals surface area (Å²) in [5.74, 6) is 0.708. The van der Waals surface area contributed by atoms with Crippen molar-refractivity contribution in [2.75, 3.05) is 18.0 Å². The number of aryl methyl sites for hydroxylation is 1. The molecule has 0 spiro atoms. The number of hydrogen-bond acceptors (Lipinski definition) is 6. The van der Waals surface area contributed by atoms with E-state index in [2.05, 4.69) is 21.4 Å². The molecule has 0 radical (unpaired) electrons. The van der Waals surface area contributed by atoms with E-state index in [1.165, 1.54) is 0 Å². The molecule has 120 valence electrons. The van der Waals surface area contributed by atoms with Crippen LogP contribution in [-0.4, -0.2) is 38.2 Å². The SMILES string of the molecule is Cc1ccc(N2CCC(O)(c3cn(C(C)C)nn3)C2)nc1C#N. The highest BCUT2D eigenvalue weighted by Crippen LogP contribution is 2.33. The summed E-state index contributed by atoms with van der Waals surface area (Å²) in [6, 6.07) is 6.07. The Morgan fingerprint density at radius 3 is 2.83 bits per heavy atom. The van der Waals surface area contributed by atoms with Crippen LogP contribution in [-0.2, 0) is 5.60 Å². The predicted molar refractivity (Wildman–Crippen MR) is 84.8 cm³/mol. The lowest BCUT2D eigenvalue weighted by Gasteiger charge is -2.22. The zero-order valence-electron chi connectivity index (χ0n) is 13.6. The fraction of sp³-hybridized carbons (Fsp3) is 0.500. The van der Waals surface area contributed by atoms with E-state index in [1.807, 2.05) is 37.8 Å². The van der Waals surface area contributed by atoms with Gasteiger partial charge in [0.15, 0.2) is 0 Å². The lowest BCUT2D eigenvalue weighted by molar-refractivity contribution is 0.0559. The maximum atomic E-state index is 10.9. The number of β-amino-alcohol motifs (C(OH)–C–C–N with tert-alkyl or cyclic N) is 1. The Morgan fingerprint density at radius 2 is 2.17 bits per heavy atom. The summed E-state index contributed by atoms with van der Waals surface area (Å²) in [6.45, 7) is 6.95. The highest BCUT2D eigenvalue weighted by Gasteiger charge is 2.40. The lowest BCUT2D eigenvalue weighted by Crippen LogP contribution is -2.31. The Balaban J connectivity index is 1.83. The Bertz CT molecular complexity index is 762. The first-order valence-electron chi connectivity index (χ1n) is 7.70. The monoisotopic (exact) mass is 312 g/mol. The quantitative estimate of drug-likeness (QED) is 0.924. The molecular weight excluding hydrogens is 292 g/mol. The summed E-state index contributed by atoms with van der Waals surface area (Å²) in [4.78, 5) is 6.36. The van der Waals surface area contributed by atoms with Gasteiger partial charge < -0.3 is 10.0 Å². The van der Waals surface area contributed by atoms with Crippen LogP contribution in [0.4, 0.5) is 5.82 Å². The number of aliphatic hydroxyl groups is 1. The molecule has 3 heterocycles. The number of rotatable bonds is 3. The van der Waals surface area contributed by atoms with Crippen molar-refractivity contribution in [2.24, 2.45) is 0 Å². The van der Waals surface area contributed by atoms with Crippen molar-refractivity contribution in [3.63, 3.8) is 0 Å². The highest BCUT2D eigenvalue weighted by atomic mass is 16.3. The second-order valence-electron chi connectivity index (χ2n) is 6.33. The number of aromatic nitrogens is 4. The largest absolute Gasteiger partial charge is 0.381 e. The van der Waals surface area contributed by atoms with Gasteiger partial charge in [-0.25, -0.2) is 9.67 Å². The molecule has 1 saturated heterocycles. The first-order chi connectivity index (χ1) is 10.9. The highest BCUT2D eigenvalue weighted by molar-refractivity contribution is 5.46. The maximum absolute atomic E-state index is 10.9. The molecule has 0 saturated carbocycles. The standard InChI is InChI=1S/C16H20N6O/c1-11(2)22-9-14(19-20-22)16(23)6-7-21(10-16)15-5-4-12(3)13(8-17)18-15/h4-5,9,11,23H,6-7,10H2,1-3H3. The van der Waals surface area contributed by atoms with E-state index in [4.69, 9.17) is 5.26 Å². The summed E-state index contributed by atoms with van der Waals surface area (Å²) in [5.41, 5.74) is 0.822. The van der Waals surface area contributed by atoms with Crippen molar-refractivity contribution in [3.05, 3.63) is 35.3 Å². The van der Waals surface area contributed by atoms with Crippen LogP contribution < -0.4 is 4.90 Å². The van der Waals surface area contributed by atoms with Gasteiger partial charge in [-0.05, 0) is 32.4 Å². The summed E-state index contributed by atoms with van der Waals surface area (Å²) in [6.07, 6.45) is 2.36. The number of hydrogen-bond donors (Lipinski definition) is 1. The first kappa shape index (κ1) is 15.4. The molecule has 1 atom stereocenters. The average molecular weight is 312 g/mol. The molecule has 0 amide bonds. The fourth-order valence-electron chi connectivity index (χ4n) is 2.75. The van der Waals surface area contributed by atoms with Crippen molar-refractivity contribution in [2.45, 2.75) is 38.8 Å². The number of pyridine rings is 1. The minimum absolute atomic E-state index is 0.203. The van der Waals surface area contributed by atoms with E-state index in [9.17, 15) is 5.11 Å². The number of anilines is 1. The molecule has 1 aliphatic rings. The topological polar surface area (TPSA) is 90.9 Å². The molecule has 3 rings (SSSR count). The summed E-state index contributed by atoms with van der Waals surface area (Å²) in [7, 11) is 0. The normalized spacial score (nSPS) is 21.0. The van der Waals surface area contributed by atoms with E-state index in [1.54, 1.807) is 10.9 Å². The van der Waals surface area contributed by atoms with E-state index >= 15 is 0 Å². The number of nitriles is 1. The Kier molecular flexibility index (Phi) is 3.78. The van der Waals surface area contributed by atoms with Gasteiger partial charge in [-0.2, -0.15) is 5.26 Å². The molecule has 1 unspecified atom stereocenters. The summed E-state index contributed by atoms with van der Waals surface area (Å²) in [5, 5.41) is 28.2. The average Bonchev–Trinajstić information content (AvgIpc) is 3.16. The van der Waals surface area contributed by atoms with Crippen LogP contribution in [0.3, 0.4) is 0 Å². The third-order valence-electron chi connectivity index (χ3n) is 4.28. The van der Waals surface area contributed by atoms with Crippen LogP contribution >= 0.6 is 0 Å². The van der Waals surface area contributed by atoms with Crippen molar-refractivity contribution in [1.29, 1.82) is 5.26 Å². The van der Waals surface area contributed by atoms with Gasteiger partial charge in [0.2, 0.25) is 0 Å². The zero-order valence-corrected chi connectivity index (χ0v) is 13.6. The minimum Gasteiger partial charge on any atom is -0.381 e. The van der Waals surface area contributed by atoms with Gasteiger partial charge in [0.25, 0.3) is 0 Å². The minimum atomic E-state index is -1.04. The molecule has 0 bridgehead atoms. The van der Waals surface area contributed by atoms with Crippen LogP contribution in [0.15, 0.2) is 18.3 Å². The summed E-state index contributed by atoms with van der Waals surface area (Å²) < 4.78 is 1.74. The molecule has 7 heteroatoms. The molecule has 7 nitrogen and oxygen atoms in total. The molecule has 1 fully saturated rings. The van der Waals surface area contributed by atoms with Crippen molar-refractivity contribution in [1.82, 2.24) is 20.0 Å². The van der Waals surface area contributed by atoms with E-state index in [0.29, 0.717) is 36.7 Å². The third-order valence-corrected chi connectivity index (χ3v) is 4.28. The molecule has 0 aliphatic carbocycles. The van der Waals surface area contributed by atoms with Gasteiger partial charge in [-0.15, -0.1) is 5.10 Å². The zero-order chi connectivity index (χ0) is 16.6. The van der Waals surface area contributed by atoms with Gasteiger partial charge >= 0.3 is 0 Å². The summed E-state index contributed by atoms with van der Waals surface area (Å²) >= 11 is 0. The van der Waals surface area contributed by atoms with Gasteiger partial charge in [0, 0.05) is 19.0 Å². The lowest BCUT2D eigenvalue weighted by atomic mass is 10.00. The molecule has 0 aromatic carbocycles. The Morgan fingerprint density at radius 1 is 1.39 bits per heavy atom. The van der Waals surface area contributed by atoms with Crippen LogP contribution in [0, 0.1) is 18.3 Å². The molecule has 23 heavy (non-hydrogen) atoms. The van der Waals surface area contributed by atoms with Gasteiger partial charge in [0.05, 0.1) is 12.7 Å². The van der Waals surface area contributed by atoms with Gasteiger partial charge in [0.1, 0.15) is 28.9 Å². The molecule has 1 N–H and O–H groups in total. The fourth-order valence-corrected chi connectivity index (χ4v) is 2.75. The number of nitrogens with zero attached hydrogens (tertiary/aromatic N) is 6. The smallest absolute Gasteiger partial charge is 0.145 e. The van der Waals surface area contributed by atoms with Crippen LogP contribution in [0.25, 0.3) is 0 Å². The second-order valence-corrected chi connectivity index (χ2v) is 6.33. The van der Waals surface area contributed by atoms with Gasteiger partial charge in [-0.1, -0.05) is 11.3 Å².